The summed E-state index contributed by atoms with van der Waals surface area (Å²) < 4.78 is 40.2. The van der Waals surface area contributed by atoms with Crippen LogP contribution in [-0.4, -0.2) is 16.8 Å². The predicted molar refractivity (Wildman–Crippen MR) is 128 cm³/mol. The fourth-order valence-electron chi connectivity index (χ4n) is 4.12. The van der Waals surface area contributed by atoms with E-state index < -0.39 is 34.5 Å². The minimum Gasteiger partial charge on any atom is -0.426 e. The lowest BCUT2D eigenvalue weighted by Crippen LogP contribution is -2.44. The molecule has 0 spiro atoms. The second-order valence-electron chi connectivity index (χ2n) is 9.34. The number of halogens is 3. The zero-order valence-electron chi connectivity index (χ0n) is 20.4. The molecule has 0 aliphatic carbocycles. The van der Waals surface area contributed by atoms with Crippen molar-refractivity contribution >= 4 is 27.9 Å². The fourth-order valence-corrected chi connectivity index (χ4v) is 4.86. The van der Waals surface area contributed by atoms with Crippen molar-refractivity contribution in [2.75, 3.05) is 0 Å². The van der Waals surface area contributed by atoms with Crippen molar-refractivity contribution in [1.82, 2.24) is 0 Å². The van der Waals surface area contributed by atoms with E-state index in [1.807, 2.05) is 38.1 Å². The van der Waals surface area contributed by atoms with Crippen molar-refractivity contribution in [3.63, 3.8) is 0 Å². The molecule has 0 aromatic heterocycles. The molecule has 2 aromatic rings. The largest absolute Gasteiger partial charge is 0.426 e. The lowest BCUT2D eigenvalue weighted by atomic mass is 9.77. The van der Waals surface area contributed by atoms with E-state index in [2.05, 4.69) is 15.9 Å². The molecule has 180 valence electrons. The van der Waals surface area contributed by atoms with Crippen molar-refractivity contribution in [2.24, 2.45) is 11.3 Å². The number of ether oxygens (including phenoxy) is 2. The van der Waals surface area contributed by atoms with Gasteiger partial charge < -0.3 is 9.47 Å². The predicted octanol–water partition coefficient (Wildman–Crippen LogP) is 7.07. The monoisotopic (exact) mass is 524 g/mol. The second-order valence-corrected chi connectivity index (χ2v) is 10.4. The number of aryl methyl sites for hydroxylation is 6. The Labute approximate surface area is 202 Å². The van der Waals surface area contributed by atoms with E-state index in [9.17, 15) is 18.4 Å². The highest BCUT2D eigenvalue weighted by molar-refractivity contribution is 9.10. The van der Waals surface area contributed by atoms with Crippen molar-refractivity contribution in [3.8, 4) is 11.5 Å². The minimum absolute atomic E-state index is 0.337. The van der Waals surface area contributed by atoms with Gasteiger partial charge in [-0.25, -0.2) is 0 Å². The highest BCUT2D eigenvalue weighted by atomic mass is 79.9. The molecule has 0 saturated carbocycles. The van der Waals surface area contributed by atoms with Crippen molar-refractivity contribution < 1.29 is 27.8 Å². The molecule has 0 saturated heterocycles. The molecule has 0 bridgehead atoms. The van der Waals surface area contributed by atoms with Gasteiger partial charge in [-0.3, -0.25) is 9.59 Å². The summed E-state index contributed by atoms with van der Waals surface area (Å²) in [4.78, 5) is 22.3. The summed E-state index contributed by atoms with van der Waals surface area (Å²) in [7, 11) is 0. The molecule has 2 rings (SSSR count). The molecule has 0 aliphatic rings. The maximum absolute atomic E-state index is 14.6. The molecule has 0 aliphatic heterocycles. The molecule has 33 heavy (non-hydrogen) atoms. The van der Waals surface area contributed by atoms with E-state index in [1.165, 1.54) is 13.8 Å². The van der Waals surface area contributed by atoms with Crippen molar-refractivity contribution in [1.29, 1.82) is 0 Å². The van der Waals surface area contributed by atoms with Crippen LogP contribution in [-0.2, 0) is 9.59 Å². The van der Waals surface area contributed by atoms with Gasteiger partial charge in [0.15, 0.2) is 0 Å². The Bertz CT molecular complexity index is 1020. The third-order valence-electron chi connectivity index (χ3n) is 5.78. The first-order chi connectivity index (χ1) is 15.0. The molecule has 0 fully saturated rings. The third-order valence-corrected chi connectivity index (χ3v) is 6.34. The van der Waals surface area contributed by atoms with E-state index in [1.54, 1.807) is 27.7 Å². The number of esters is 2. The first-order valence-corrected chi connectivity index (χ1v) is 11.5. The standard InChI is InChI=1S/C26H31BrF2O4/c1-14-9-16(3)22(17(4)10-14)32-21(30)13-20(26(27,28)29)25(7,8)24(31)33-23-18(5)11-15(2)12-19(23)6/h9-12,20H,13H2,1-8H3. The van der Waals surface area contributed by atoms with Crippen molar-refractivity contribution in [3.05, 3.63) is 57.6 Å². The van der Waals surface area contributed by atoms with Crippen LogP contribution in [0.2, 0.25) is 0 Å². The maximum Gasteiger partial charge on any atom is 0.317 e. The van der Waals surface area contributed by atoms with Gasteiger partial charge in [0, 0.05) is 0 Å². The first kappa shape index (κ1) is 27.0. The second kappa shape index (κ2) is 9.92. The van der Waals surface area contributed by atoms with Crippen LogP contribution in [0.3, 0.4) is 0 Å². The Hall–Kier alpha value is -2.28. The Balaban J connectivity index is 2.30. The lowest BCUT2D eigenvalue weighted by molar-refractivity contribution is -0.156. The van der Waals surface area contributed by atoms with E-state index in [0.29, 0.717) is 11.5 Å². The number of hydrogen-bond acceptors (Lipinski definition) is 4. The highest BCUT2D eigenvalue weighted by Gasteiger charge is 2.52. The van der Waals surface area contributed by atoms with Gasteiger partial charge in [0.05, 0.1) is 17.8 Å². The maximum atomic E-state index is 14.6. The Morgan fingerprint density at radius 2 is 1.18 bits per heavy atom. The van der Waals surface area contributed by atoms with Gasteiger partial charge >= 0.3 is 16.8 Å². The minimum atomic E-state index is -3.51. The Kier molecular flexibility index (Phi) is 8.10. The molecule has 2 aromatic carbocycles. The number of carbonyl (C=O) groups is 2. The molecular formula is C26H31BrF2O4. The van der Waals surface area contributed by atoms with Crippen LogP contribution in [0.15, 0.2) is 24.3 Å². The van der Waals surface area contributed by atoms with Gasteiger partial charge in [0.1, 0.15) is 11.5 Å². The van der Waals surface area contributed by atoms with E-state index in [-0.39, 0.29) is 0 Å². The zero-order valence-corrected chi connectivity index (χ0v) is 21.9. The number of hydrogen-bond donors (Lipinski definition) is 0. The zero-order chi connectivity index (χ0) is 25.3. The number of benzene rings is 2. The quantitative estimate of drug-likeness (QED) is 0.221. The van der Waals surface area contributed by atoms with Crippen molar-refractivity contribution in [2.45, 2.75) is 66.6 Å². The average Bonchev–Trinajstić information content (AvgIpc) is 2.64. The van der Waals surface area contributed by atoms with Crippen LogP contribution in [0.4, 0.5) is 8.78 Å². The number of rotatable bonds is 7. The summed E-state index contributed by atoms with van der Waals surface area (Å²) >= 11 is 2.38. The summed E-state index contributed by atoms with van der Waals surface area (Å²) in [6.45, 7) is 13.7. The van der Waals surface area contributed by atoms with Gasteiger partial charge in [0.2, 0.25) is 0 Å². The number of alkyl halides is 3. The summed E-state index contributed by atoms with van der Waals surface area (Å²) in [6.07, 6.45) is -0.682. The molecule has 4 nitrogen and oxygen atoms in total. The van der Waals surface area contributed by atoms with Gasteiger partial charge in [-0.15, -0.1) is 0 Å². The molecule has 0 N–H and O–H groups in total. The van der Waals surface area contributed by atoms with E-state index >= 15 is 0 Å². The van der Waals surface area contributed by atoms with E-state index in [4.69, 9.17) is 9.47 Å². The molecule has 0 radical (unpaired) electrons. The summed E-state index contributed by atoms with van der Waals surface area (Å²) in [6, 6.07) is 7.39. The topological polar surface area (TPSA) is 52.6 Å². The first-order valence-electron chi connectivity index (χ1n) is 10.7. The van der Waals surface area contributed by atoms with Crippen LogP contribution in [0, 0.1) is 52.9 Å². The molecule has 1 unspecified atom stereocenters. The summed E-state index contributed by atoms with van der Waals surface area (Å²) in [5, 5.41) is 0. The Morgan fingerprint density at radius 3 is 1.55 bits per heavy atom. The third kappa shape index (κ3) is 6.40. The van der Waals surface area contributed by atoms with Crippen LogP contribution < -0.4 is 9.47 Å². The normalized spacial score (nSPS) is 12.9. The van der Waals surface area contributed by atoms with Crippen LogP contribution >= 0.6 is 15.9 Å². The molecule has 0 heterocycles. The van der Waals surface area contributed by atoms with Gasteiger partial charge in [-0.05, 0) is 93.6 Å². The van der Waals surface area contributed by atoms with Crippen LogP contribution in [0.1, 0.15) is 53.6 Å². The Morgan fingerprint density at radius 1 is 0.818 bits per heavy atom. The SMILES string of the molecule is Cc1cc(C)c(OC(=O)CC(C(F)(F)Br)C(C)(C)C(=O)Oc2c(C)cc(C)cc2C)c(C)c1. The molecule has 0 amide bonds. The smallest absolute Gasteiger partial charge is 0.317 e. The molecular weight excluding hydrogens is 494 g/mol. The molecule has 1 atom stereocenters. The fraction of sp³-hybridized carbons (Fsp3) is 0.462. The lowest BCUT2D eigenvalue weighted by Gasteiger charge is -2.34. The summed E-state index contributed by atoms with van der Waals surface area (Å²) in [5.74, 6) is -2.73. The molecule has 7 heteroatoms. The summed E-state index contributed by atoms with van der Waals surface area (Å²) in [5.41, 5.74) is 3.21. The van der Waals surface area contributed by atoms with Gasteiger partial charge in [-0.2, -0.15) is 8.78 Å². The van der Waals surface area contributed by atoms with Gasteiger partial charge in [-0.1, -0.05) is 35.4 Å². The number of carbonyl (C=O) groups excluding carboxylic acids is 2. The average molecular weight is 525 g/mol. The van der Waals surface area contributed by atoms with Crippen LogP contribution in [0.5, 0.6) is 11.5 Å². The van der Waals surface area contributed by atoms with Gasteiger partial charge in [0.25, 0.3) is 0 Å². The highest BCUT2D eigenvalue weighted by Crippen LogP contribution is 2.46. The van der Waals surface area contributed by atoms with Crippen LogP contribution in [0.25, 0.3) is 0 Å². The van der Waals surface area contributed by atoms with E-state index in [0.717, 1.165) is 33.4 Å².